The van der Waals surface area contributed by atoms with Crippen molar-refractivity contribution in [1.29, 1.82) is 0 Å². The van der Waals surface area contributed by atoms with Gasteiger partial charge in [-0.3, -0.25) is 10.6 Å². The Morgan fingerprint density at radius 2 is 2.32 bits per heavy atom. The fourth-order valence-electron chi connectivity index (χ4n) is 1.66. The summed E-state index contributed by atoms with van der Waals surface area (Å²) in [4.78, 5) is 15.9. The molecule has 1 heterocycles. The van der Waals surface area contributed by atoms with Crippen LogP contribution in [-0.2, 0) is 6.42 Å². The fraction of sp³-hybridized carbons (Fsp3) is 0.250. The Bertz CT molecular complexity index is 553. The number of rotatable bonds is 5. The molecule has 2 aromatic rings. The molecule has 0 fully saturated rings. The van der Waals surface area contributed by atoms with Crippen molar-refractivity contribution in [2.75, 3.05) is 12.0 Å². The third-order valence-electron chi connectivity index (χ3n) is 2.61. The maximum atomic E-state index is 12.0. The molecule has 0 unspecified atom stereocenters. The van der Waals surface area contributed by atoms with E-state index in [1.54, 1.807) is 12.1 Å². The van der Waals surface area contributed by atoms with Gasteiger partial charge in [0.1, 0.15) is 0 Å². The van der Waals surface area contributed by atoms with Gasteiger partial charge in [0, 0.05) is 13.0 Å². The predicted octanol–water partition coefficient (Wildman–Crippen LogP) is 0.636. The van der Waals surface area contributed by atoms with Crippen LogP contribution in [0.25, 0.3) is 0 Å². The lowest BCUT2D eigenvalue weighted by atomic mass is 10.1. The highest BCUT2D eigenvalue weighted by Gasteiger charge is 2.11. The van der Waals surface area contributed by atoms with Crippen LogP contribution in [0.5, 0.6) is 0 Å². The summed E-state index contributed by atoms with van der Waals surface area (Å²) in [6, 6.07) is 5.42. The molecule has 1 amide bonds. The van der Waals surface area contributed by atoms with E-state index in [9.17, 15) is 4.79 Å². The molecule has 100 valence electrons. The van der Waals surface area contributed by atoms with Gasteiger partial charge in [0.25, 0.3) is 5.91 Å². The average molecular weight is 261 g/mol. The quantitative estimate of drug-likeness (QED) is 0.538. The van der Waals surface area contributed by atoms with E-state index >= 15 is 0 Å². The predicted molar refractivity (Wildman–Crippen MR) is 69.3 cm³/mol. The van der Waals surface area contributed by atoms with Gasteiger partial charge in [-0.25, -0.2) is 0 Å². The van der Waals surface area contributed by atoms with Crippen LogP contribution in [0.15, 0.2) is 29.0 Å². The molecule has 1 aromatic carbocycles. The second-order valence-corrected chi connectivity index (χ2v) is 4.03. The summed E-state index contributed by atoms with van der Waals surface area (Å²) in [5, 5.41) is 6.27. The van der Waals surface area contributed by atoms with E-state index in [-0.39, 0.29) is 5.91 Å². The molecule has 2 rings (SSSR count). The molecule has 0 aliphatic rings. The Kier molecular flexibility index (Phi) is 4.09. The van der Waals surface area contributed by atoms with E-state index < -0.39 is 0 Å². The first-order valence-electron chi connectivity index (χ1n) is 5.81. The van der Waals surface area contributed by atoms with Crippen molar-refractivity contribution < 1.29 is 9.32 Å². The number of aryl methyl sites for hydroxylation is 1. The molecule has 0 saturated carbocycles. The van der Waals surface area contributed by atoms with Crippen molar-refractivity contribution in [3.8, 4) is 0 Å². The van der Waals surface area contributed by atoms with Crippen LogP contribution >= 0.6 is 0 Å². The van der Waals surface area contributed by atoms with E-state index in [2.05, 4.69) is 20.9 Å². The van der Waals surface area contributed by atoms with Gasteiger partial charge in [-0.1, -0.05) is 16.8 Å². The van der Waals surface area contributed by atoms with Crippen LogP contribution in [0.4, 0.5) is 5.69 Å². The number of aromatic nitrogens is 2. The molecule has 0 radical (unpaired) electrons. The van der Waals surface area contributed by atoms with Crippen molar-refractivity contribution in [1.82, 2.24) is 15.5 Å². The molecule has 0 aliphatic carbocycles. The number of benzene rings is 1. The molecular weight excluding hydrogens is 246 g/mol. The normalized spacial score (nSPS) is 10.2. The zero-order valence-electron chi connectivity index (χ0n) is 10.5. The minimum absolute atomic E-state index is 0.198. The topological polar surface area (TPSA) is 106 Å². The highest BCUT2D eigenvalue weighted by Crippen LogP contribution is 2.15. The minimum Gasteiger partial charge on any atom is -0.351 e. The van der Waals surface area contributed by atoms with Crippen molar-refractivity contribution in [2.45, 2.75) is 13.3 Å². The maximum Gasteiger partial charge on any atom is 0.253 e. The van der Waals surface area contributed by atoms with Gasteiger partial charge < -0.3 is 15.3 Å². The first kappa shape index (κ1) is 13.0. The van der Waals surface area contributed by atoms with Crippen LogP contribution in [0, 0.1) is 6.92 Å². The van der Waals surface area contributed by atoms with Gasteiger partial charge in [0.05, 0.1) is 11.3 Å². The third-order valence-corrected chi connectivity index (χ3v) is 2.61. The van der Waals surface area contributed by atoms with Gasteiger partial charge in [-0.15, -0.1) is 0 Å². The second-order valence-electron chi connectivity index (χ2n) is 4.03. The monoisotopic (exact) mass is 261 g/mol. The smallest absolute Gasteiger partial charge is 0.253 e. The average Bonchev–Trinajstić information content (AvgIpc) is 2.91. The Labute approximate surface area is 110 Å². The molecule has 1 aromatic heterocycles. The van der Waals surface area contributed by atoms with Gasteiger partial charge in [-0.05, 0) is 19.1 Å². The van der Waals surface area contributed by atoms with Crippen LogP contribution in [0.3, 0.4) is 0 Å². The highest BCUT2D eigenvalue weighted by molar-refractivity contribution is 5.99. The number of hydrogen-bond acceptors (Lipinski definition) is 6. The molecule has 4 N–H and O–H groups in total. The van der Waals surface area contributed by atoms with Crippen molar-refractivity contribution in [3.63, 3.8) is 0 Å². The zero-order valence-corrected chi connectivity index (χ0v) is 10.5. The first-order chi connectivity index (χ1) is 9.20. The van der Waals surface area contributed by atoms with Crippen molar-refractivity contribution in [3.05, 3.63) is 41.5 Å². The number of nitrogens with one attached hydrogen (secondary N) is 2. The summed E-state index contributed by atoms with van der Waals surface area (Å²) in [6.45, 7) is 2.33. The molecule has 7 heteroatoms. The Morgan fingerprint density at radius 3 is 3.00 bits per heavy atom. The number of nitrogen functional groups attached to an aromatic ring is 1. The minimum atomic E-state index is -0.198. The number of nitrogens with two attached hydrogens (primary N) is 1. The van der Waals surface area contributed by atoms with Crippen LogP contribution < -0.4 is 16.6 Å². The molecule has 19 heavy (non-hydrogen) atoms. The summed E-state index contributed by atoms with van der Waals surface area (Å²) in [5.41, 5.74) is 4.58. The third kappa shape index (κ3) is 3.29. The van der Waals surface area contributed by atoms with Gasteiger partial charge in [-0.2, -0.15) is 4.98 Å². The SMILES string of the molecule is Cc1ccc(NN)c(C(=O)NCCc2ncno2)c1. The molecule has 0 saturated heterocycles. The number of carbonyl (C=O) groups excluding carboxylic acids is 1. The molecular formula is C12H15N5O2. The molecule has 0 spiro atoms. The number of hydrazine groups is 1. The number of amides is 1. The van der Waals surface area contributed by atoms with E-state index in [0.717, 1.165) is 5.56 Å². The number of carbonyl (C=O) groups is 1. The number of nitrogens with zero attached hydrogens (tertiary/aromatic N) is 2. The summed E-state index contributed by atoms with van der Waals surface area (Å²) < 4.78 is 4.84. The van der Waals surface area contributed by atoms with Gasteiger partial charge in [0.2, 0.25) is 5.89 Å². The Hall–Kier alpha value is -2.41. The Balaban J connectivity index is 1.97. The standard InChI is InChI=1S/C12H15N5O2/c1-8-2-3-10(17-13)9(6-8)12(18)14-5-4-11-15-7-16-19-11/h2-3,6-7,17H,4-5,13H2,1H3,(H,14,18). The Morgan fingerprint density at radius 1 is 1.47 bits per heavy atom. The maximum absolute atomic E-state index is 12.0. The lowest BCUT2D eigenvalue weighted by Crippen LogP contribution is -2.27. The van der Waals surface area contributed by atoms with Gasteiger partial charge >= 0.3 is 0 Å². The van der Waals surface area contributed by atoms with E-state index in [1.807, 2.05) is 13.0 Å². The van der Waals surface area contributed by atoms with Crippen LogP contribution in [0.1, 0.15) is 21.8 Å². The van der Waals surface area contributed by atoms with Gasteiger partial charge in [0.15, 0.2) is 6.33 Å². The number of anilines is 1. The highest BCUT2D eigenvalue weighted by atomic mass is 16.5. The van der Waals surface area contributed by atoms with E-state index in [1.165, 1.54) is 6.33 Å². The molecule has 0 bridgehead atoms. The summed E-state index contributed by atoms with van der Waals surface area (Å²) in [5.74, 6) is 5.67. The van der Waals surface area contributed by atoms with Crippen molar-refractivity contribution in [2.24, 2.45) is 5.84 Å². The summed E-state index contributed by atoms with van der Waals surface area (Å²) in [7, 11) is 0. The largest absolute Gasteiger partial charge is 0.351 e. The van der Waals surface area contributed by atoms with E-state index in [0.29, 0.717) is 30.1 Å². The lowest BCUT2D eigenvalue weighted by Gasteiger charge is -2.10. The van der Waals surface area contributed by atoms with Crippen LogP contribution in [0.2, 0.25) is 0 Å². The second kappa shape index (κ2) is 5.96. The lowest BCUT2D eigenvalue weighted by molar-refractivity contribution is 0.0954. The summed E-state index contributed by atoms with van der Waals surface area (Å²) >= 11 is 0. The fourth-order valence-corrected chi connectivity index (χ4v) is 1.66. The molecule has 0 atom stereocenters. The molecule has 7 nitrogen and oxygen atoms in total. The zero-order chi connectivity index (χ0) is 13.7. The van der Waals surface area contributed by atoms with Crippen molar-refractivity contribution >= 4 is 11.6 Å². The number of hydrogen-bond donors (Lipinski definition) is 3. The summed E-state index contributed by atoms with van der Waals surface area (Å²) in [6.07, 6.45) is 1.82. The molecule has 0 aliphatic heterocycles. The first-order valence-corrected chi connectivity index (χ1v) is 5.81. The van der Waals surface area contributed by atoms with E-state index in [4.69, 9.17) is 10.4 Å². The van der Waals surface area contributed by atoms with Crippen LogP contribution in [-0.4, -0.2) is 22.6 Å².